The van der Waals surface area contributed by atoms with E-state index in [0.29, 0.717) is 54.0 Å². The molecule has 10 nitrogen and oxygen atoms in total. The molecule has 1 amide bonds. The largest absolute Gasteiger partial charge is 0.493 e. The molecule has 2 atom stereocenters. The van der Waals surface area contributed by atoms with Gasteiger partial charge in [-0.3, -0.25) is 9.78 Å². The predicted octanol–water partition coefficient (Wildman–Crippen LogP) is 7.47. The van der Waals surface area contributed by atoms with Crippen molar-refractivity contribution < 1.29 is 22.7 Å². The van der Waals surface area contributed by atoms with Crippen LogP contribution in [-0.4, -0.2) is 44.6 Å². The maximum absolute atomic E-state index is 14.5. The van der Waals surface area contributed by atoms with E-state index in [9.17, 15) is 18.4 Å². The molecule has 2 aromatic carbocycles. The summed E-state index contributed by atoms with van der Waals surface area (Å²) >= 11 is 1.49. The number of hydrogen-bond acceptors (Lipinski definition) is 9. The van der Waals surface area contributed by atoms with Gasteiger partial charge in [-0.25, -0.2) is 23.7 Å². The van der Waals surface area contributed by atoms with Crippen molar-refractivity contribution in [1.82, 2.24) is 25.1 Å². The van der Waals surface area contributed by atoms with Crippen LogP contribution in [0.4, 0.5) is 14.6 Å². The van der Waals surface area contributed by atoms with Crippen molar-refractivity contribution in [2.45, 2.75) is 57.5 Å². The summed E-state index contributed by atoms with van der Waals surface area (Å²) in [6.45, 7) is 2.57. The highest BCUT2D eigenvalue weighted by atomic mass is 32.1. The lowest BCUT2D eigenvalue weighted by atomic mass is 9.93. The summed E-state index contributed by atoms with van der Waals surface area (Å²) in [6, 6.07) is 13.4. The number of aromatic nitrogens is 4. The lowest BCUT2D eigenvalue weighted by Gasteiger charge is -2.17. The lowest BCUT2D eigenvalue weighted by Crippen LogP contribution is -2.22. The fraction of sp³-hybridized carbons (Fsp3) is 0.289. The van der Waals surface area contributed by atoms with E-state index in [1.807, 2.05) is 24.0 Å². The third kappa shape index (κ3) is 5.21. The van der Waals surface area contributed by atoms with Gasteiger partial charge in [0.05, 0.1) is 46.4 Å². The third-order valence-electron chi connectivity index (χ3n) is 10.3. The van der Waals surface area contributed by atoms with Crippen molar-refractivity contribution in [3.05, 3.63) is 110 Å². The van der Waals surface area contributed by atoms with Crippen molar-refractivity contribution in [3.8, 4) is 27.6 Å². The number of halogens is 2. The first kappa shape index (κ1) is 31.5. The normalized spacial score (nSPS) is 17.6. The SMILES string of the molecule is COc1c(F)ccc2c1CC[C@@H]2Nc1nc(C)cc2cc(-c3c4c(nc(CCc5ccc(F)cc5)c3-c3n[nH]c(=O)o3)[C@@H]3CCCN3C4=O)sc12. The zero-order valence-corrected chi connectivity index (χ0v) is 28.6. The van der Waals surface area contributed by atoms with Gasteiger partial charge in [-0.05, 0) is 92.3 Å². The van der Waals surface area contributed by atoms with Crippen LogP contribution in [0.3, 0.4) is 0 Å². The van der Waals surface area contributed by atoms with Crippen LogP contribution in [0.2, 0.25) is 0 Å². The number of nitrogens with one attached hydrogen (secondary N) is 2. The van der Waals surface area contributed by atoms with Crippen LogP contribution in [0.25, 0.3) is 32.0 Å². The zero-order chi connectivity index (χ0) is 35.0. The lowest BCUT2D eigenvalue weighted by molar-refractivity contribution is 0.0776. The van der Waals surface area contributed by atoms with E-state index in [1.165, 1.54) is 36.6 Å². The molecule has 1 aliphatic carbocycles. The molecular weight excluding hydrogens is 675 g/mol. The molecule has 1 saturated heterocycles. The minimum absolute atomic E-state index is 0.0492. The number of nitrogens with zero attached hydrogens (tertiary/aromatic N) is 4. The minimum Gasteiger partial charge on any atom is -0.493 e. The Morgan fingerprint density at radius 2 is 1.88 bits per heavy atom. The summed E-state index contributed by atoms with van der Waals surface area (Å²) in [5, 5.41) is 11.2. The second kappa shape index (κ2) is 12.1. The van der Waals surface area contributed by atoms with E-state index < -0.39 is 5.76 Å². The second-order valence-electron chi connectivity index (χ2n) is 13.3. The molecule has 6 heterocycles. The van der Waals surface area contributed by atoms with Crippen LogP contribution in [0, 0.1) is 18.6 Å². The molecule has 13 heteroatoms. The van der Waals surface area contributed by atoms with Crippen molar-refractivity contribution in [1.29, 1.82) is 0 Å². The second-order valence-corrected chi connectivity index (χ2v) is 14.3. The Balaban J connectivity index is 1.21. The van der Waals surface area contributed by atoms with Crippen molar-refractivity contribution >= 4 is 33.1 Å². The molecule has 0 spiro atoms. The molecule has 51 heavy (non-hydrogen) atoms. The van der Waals surface area contributed by atoms with Crippen LogP contribution >= 0.6 is 11.3 Å². The number of rotatable bonds is 8. The maximum atomic E-state index is 14.5. The van der Waals surface area contributed by atoms with Gasteiger partial charge in [0.1, 0.15) is 11.6 Å². The van der Waals surface area contributed by atoms with E-state index in [2.05, 4.69) is 15.5 Å². The molecule has 9 rings (SSSR count). The number of amides is 1. The fourth-order valence-electron chi connectivity index (χ4n) is 8.04. The highest BCUT2D eigenvalue weighted by molar-refractivity contribution is 7.23. The van der Waals surface area contributed by atoms with Crippen LogP contribution in [0.1, 0.15) is 75.5 Å². The number of hydrogen-bond donors (Lipinski definition) is 2. The first-order valence-corrected chi connectivity index (χ1v) is 17.8. The smallest absolute Gasteiger partial charge is 0.434 e. The van der Waals surface area contributed by atoms with E-state index in [4.69, 9.17) is 19.1 Å². The van der Waals surface area contributed by atoms with Crippen LogP contribution < -0.4 is 15.8 Å². The number of methoxy groups -OCH3 is 1. The highest BCUT2D eigenvalue weighted by Gasteiger charge is 2.45. The Hall–Kier alpha value is -5.43. The summed E-state index contributed by atoms with van der Waals surface area (Å²) in [5.74, 6) is -0.502. The number of pyridine rings is 2. The number of aromatic amines is 1. The number of thiophene rings is 1. The number of H-pyrrole nitrogens is 1. The number of ether oxygens (including phenoxy) is 1. The van der Waals surface area contributed by atoms with Gasteiger partial charge in [0.25, 0.3) is 11.8 Å². The predicted molar refractivity (Wildman–Crippen MR) is 188 cm³/mol. The van der Waals surface area contributed by atoms with Crippen molar-refractivity contribution in [2.75, 3.05) is 19.0 Å². The zero-order valence-electron chi connectivity index (χ0n) is 27.8. The van der Waals surface area contributed by atoms with Gasteiger partial charge in [0, 0.05) is 28.2 Å². The van der Waals surface area contributed by atoms with Gasteiger partial charge in [-0.1, -0.05) is 18.2 Å². The molecule has 4 aromatic heterocycles. The summed E-state index contributed by atoms with van der Waals surface area (Å²) in [4.78, 5) is 39.3. The Kier molecular flexibility index (Phi) is 7.49. The summed E-state index contributed by atoms with van der Waals surface area (Å²) in [7, 11) is 1.49. The van der Waals surface area contributed by atoms with E-state index >= 15 is 0 Å². The standard InChI is InChI=1S/C38H32F2N6O4S/c1-18-16-20-17-28(51-34(20)35(41-18)43-25-14-11-23-22(25)10-12-24(40)33(23)49-2)30-29(36-44-45-38(48)50-36)26(13-7-19-5-8-21(39)9-6-19)42-32-27-4-3-15-46(27)37(47)31(30)32/h5-6,8-10,12,16-17,25,27H,3-4,7,11,13-15H2,1-2H3,(H,41,43)(H,45,48)/t25-,27-/m0/s1. The number of carbonyl (C=O) groups is 1. The number of fused-ring (bicyclic) bond motifs is 5. The van der Waals surface area contributed by atoms with Gasteiger partial charge in [-0.2, -0.15) is 0 Å². The number of aryl methyl sites for hydroxylation is 3. The van der Waals surface area contributed by atoms with E-state index in [0.717, 1.165) is 62.3 Å². The van der Waals surface area contributed by atoms with Gasteiger partial charge < -0.3 is 19.4 Å². The Bertz CT molecular complexity index is 2440. The number of anilines is 1. The first-order chi connectivity index (χ1) is 24.8. The monoisotopic (exact) mass is 706 g/mol. The molecular formula is C38H32F2N6O4S. The van der Waals surface area contributed by atoms with Gasteiger partial charge in [-0.15, -0.1) is 16.4 Å². The average molecular weight is 707 g/mol. The van der Waals surface area contributed by atoms with Gasteiger partial charge >= 0.3 is 5.76 Å². The summed E-state index contributed by atoms with van der Waals surface area (Å²) < 4.78 is 40.1. The number of carbonyl (C=O) groups excluding carboxylic acids is 1. The topological polar surface area (TPSA) is 126 Å². The van der Waals surface area contributed by atoms with E-state index in [-0.39, 0.29) is 41.3 Å². The quantitative estimate of drug-likeness (QED) is 0.167. The van der Waals surface area contributed by atoms with Crippen LogP contribution in [0.5, 0.6) is 5.75 Å². The van der Waals surface area contributed by atoms with Crippen molar-refractivity contribution in [3.63, 3.8) is 0 Å². The molecule has 2 aliphatic heterocycles. The van der Waals surface area contributed by atoms with E-state index in [1.54, 1.807) is 18.2 Å². The van der Waals surface area contributed by atoms with Gasteiger partial charge in [0.2, 0.25) is 0 Å². The summed E-state index contributed by atoms with van der Waals surface area (Å²) in [6.07, 6.45) is 4.08. The van der Waals surface area contributed by atoms with Crippen LogP contribution in [-0.2, 0) is 19.3 Å². The number of benzene rings is 2. The molecule has 2 N–H and O–H groups in total. The average Bonchev–Trinajstić information content (AvgIpc) is 3.96. The Morgan fingerprint density at radius 1 is 1.04 bits per heavy atom. The molecule has 1 fully saturated rings. The maximum Gasteiger partial charge on any atom is 0.434 e. The third-order valence-corrected chi connectivity index (χ3v) is 11.4. The highest BCUT2D eigenvalue weighted by Crippen LogP contribution is 2.51. The molecule has 6 aromatic rings. The molecule has 0 bridgehead atoms. The Labute approximate surface area is 294 Å². The van der Waals surface area contributed by atoms with Crippen molar-refractivity contribution in [2.24, 2.45) is 0 Å². The fourth-order valence-corrected chi connectivity index (χ4v) is 9.19. The van der Waals surface area contributed by atoms with Crippen LogP contribution in [0.15, 0.2) is 57.7 Å². The Morgan fingerprint density at radius 3 is 2.67 bits per heavy atom. The molecule has 258 valence electrons. The molecule has 3 aliphatic rings. The molecule has 0 saturated carbocycles. The molecule has 0 radical (unpaired) electrons. The summed E-state index contributed by atoms with van der Waals surface area (Å²) in [5.41, 5.74) is 6.51. The molecule has 0 unspecified atom stereocenters. The first-order valence-electron chi connectivity index (χ1n) is 17.0. The van der Waals surface area contributed by atoms with Gasteiger partial charge in [0.15, 0.2) is 11.6 Å². The minimum atomic E-state index is -0.719.